The number of hydrogen-bond donors (Lipinski definition) is 1. The Kier molecular flexibility index (Phi) is 4.79. The first-order valence-corrected chi connectivity index (χ1v) is 8.16. The van der Waals surface area contributed by atoms with Crippen molar-refractivity contribution in [2.75, 3.05) is 31.9 Å². The van der Waals surface area contributed by atoms with E-state index in [-0.39, 0.29) is 0 Å². The summed E-state index contributed by atoms with van der Waals surface area (Å²) < 4.78 is 0.450. The van der Waals surface area contributed by atoms with Crippen molar-refractivity contribution in [1.29, 1.82) is 0 Å². The van der Waals surface area contributed by atoms with E-state index < -0.39 is 0 Å². The van der Waals surface area contributed by atoms with Gasteiger partial charge in [-0.25, -0.2) is 0 Å². The predicted octanol–water partition coefficient (Wildman–Crippen LogP) is 2.58. The zero-order valence-electron chi connectivity index (χ0n) is 11.5. The molecule has 2 N–H and O–H groups in total. The van der Waals surface area contributed by atoms with Crippen LogP contribution in [0.2, 0.25) is 0 Å². The molecule has 2 rings (SSSR count). The molecule has 0 aromatic rings. The normalized spacial score (nSPS) is 34.8. The molecule has 2 unspecified atom stereocenters. The van der Waals surface area contributed by atoms with Crippen LogP contribution in [0.15, 0.2) is 0 Å². The van der Waals surface area contributed by atoms with Crippen LogP contribution in [0.4, 0.5) is 0 Å². The lowest BCUT2D eigenvalue weighted by molar-refractivity contribution is 0.150. The Morgan fingerprint density at radius 3 is 2.59 bits per heavy atom. The molecule has 1 aliphatic carbocycles. The fourth-order valence-corrected chi connectivity index (χ4v) is 4.61. The summed E-state index contributed by atoms with van der Waals surface area (Å²) in [6.07, 6.45) is 5.60. The van der Waals surface area contributed by atoms with Gasteiger partial charge in [-0.05, 0) is 45.1 Å². The number of hydrogen-bond acceptors (Lipinski definition) is 3. The van der Waals surface area contributed by atoms with Crippen LogP contribution in [0.25, 0.3) is 0 Å². The van der Waals surface area contributed by atoms with Crippen LogP contribution in [-0.4, -0.2) is 41.6 Å². The third-order valence-corrected chi connectivity index (χ3v) is 5.66. The molecule has 100 valence electrons. The van der Waals surface area contributed by atoms with Crippen LogP contribution in [0, 0.1) is 11.8 Å². The molecular weight excluding hydrogens is 228 g/mol. The van der Waals surface area contributed by atoms with Gasteiger partial charge in [0.1, 0.15) is 0 Å². The van der Waals surface area contributed by atoms with Crippen molar-refractivity contribution in [2.24, 2.45) is 17.6 Å². The van der Waals surface area contributed by atoms with E-state index in [4.69, 9.17) is 5.73 Å². The van der Waals surface area contributed by atoms with Crippen molar-refractivity contribution in [1.82, 2.24) is 4.90 Å². The Labute approximate surface area is 111 Å². The quantitative estimate of drug-likeness (QED) is 0.841. The number of thioether (sulfide) groups is 1. The Hall–Kier alpha value is 0.270. The molecule has 1 heterocycles. The fraction of sp³-hybridized carbons (Fsp3) is 1.00. The Balaban J connectivity index is 1.86. The number of nitrogens with two attached hydrogens (primary N) is 1. The summed E-state index contributed by atoms with van der Waals surface area (Å²) in [5.41, 5.74) is 5.93. The second-order valence-corrected chi connectivity index (χ2v) is 8.19. The van der Waals surface area contributed by atoms with E-state index in [1.165, 1.54) is 51.1 Å². The first-order valence-electron chi connectivity index (χ1n) is 7.17. The summed E-state index contributed by atoms with van der Waals surface area (Å²) in [5.74, 6) is 2.96. The van der Waals surface area contributed by atoms with Gasteiger partial charge in [-0.3, -0.25) is 0 Å². The lowest BCUT2D eigenvalue weighted by Crippen LogP contribution is -2.46. The molecule has 1 saturated heterocycles. The third kappa shape index (κ3) is 3.87. The summed E-state index contributed by atoms with van der Waals surface area (Å²) in [4.78, 5) is 2.69. The second-order valence-electron chi connectivity index (χ2n) is 6.38. The van der Waals surface area contributed by atoms with Crippen LogP contribution < -0.4 is 5.73 Å². The topological polar surface area (TPSA) is 29.3 Å². The van der Waals surface area contributed by atoms with Crippen molar-refractivity contribution in [3.63, 3.8) is 0 Å². The molecule has 0 radical (unpaired) electrons. The van der Waals surface area contributed by atoms with Gasteiger partial charge < -0.3 is 10.6 Å². The molecule has 2 atom stereocenters. The smallest absolute Gasteiger partial charge is 0.0231 e. The molecule has 0 aromatic heterocycles. The minimum absolute atomic E-state index is 0.450. The molecule has 3 heteroatoms. The van der Waals surface area contributed by atoms with Crippen LogP contribution in [-0.2, 0) is 0 Å². The van der Waals surface area contributed by atoms with Gasteiger partial charge in [0.25, 0.3) is 0 Å². The Morgan fingerprint density at radius 1 is 1.24 bits per heavy atom. The number of nitrogens with zero attached hydrogens (tertiary/aromatic N) is 1. The van der Waals surface area contributed by atoms with Crippen LogP contribution in [0.3, 0.4) is 0 Å². The van der Waals surface area contributed by atoms with Crippen LogP contribution >= 0.6 is 11.8 Å². The highest BCUT2D eigenvalue weighted by Gasteiger charge is 2.31. The molecule has 2 aliphatic rings. The van der Waals surface area contributed by atoms with Crippen molar-refractivity contribution in [2.45, 2.75) is 44.3 Å². The van der Waals surface area contributed by atoms with Gasteiger partial charge >= 0.3 is 0 Å². The van der Waals surface area contributed by atoms with Gasteiger partial charge in [0.2, 0.25) is 0 Å². The first-order chi connectivity index (χ1) is 8.11. The third-order valence-electron chi connectivity index (χ3n) is 4.37. The Bertz CT molecular complexity index is 242. The standard InChI is InChI=1S/C14H28N2S/c1-14(2)11-16(7-8-17-14)10-13-6-4-3-5-12(13)9-15/h12-13H,3-11,15H2,1-2H3. The van der Waals surface area contributed by atoms with Crippen molar-refractivity contribution in [3.8, 4) is 0 Å². The summed E-state index contributed by atoms with van der Waals surface area (Å²) in [7, 11) is 0. The predicted molar refractivity (Wildman–Crippen MR) is 77.5 cm³/mol. The van der Waals surface area contributed by atoms with Gasteiger partial charge in [0, 0.05) is 30.1 Å². The first kappa shape index (κ1) is 13.7. The highest BCUT2D eigenvalue weighted by molar-refractivity contribution is 8.00. The summed E-state index contributed by atoms with van der Waals surface area (Å²) in [6, 6.07) is 0. The van der Waals surface area contributed by atoms with E-state index in [1.807, 2.05) is 0 Å². The largest absolute Gasteiger partial charge is 0.330 e. The minimum Gasteiger partial charge on any atom is -0.330 e. The van der Waals surface area contributed by atoms with E-state index in [0.29, 0.717) is 4.75 Å². The summed E-state index contributed by atoms with van der Waals surface area (Å²) in [5, 5.41) is 0. The van der Waals surface area contributed by atoms with E-state index in [9.17, 15) is 0 Å². The lowest BCUT2D eigenvalue weighted by atomic mass is 9.79. The zero-order valence-corrected chi connectivity index (χ0v) is 12.3. The zero-order chi connectivity index (χ0) is 12.3. The molecule has 0 bridgehead atoms. The van der Waals surface area contributed by atoms with Crippen molar-refractivity contribution < 1.29 is 0 Å². The molecule has 0 amide bonds. The van der Waals surface area contributed by atoms with Gasteiger partial charge in [-0.15, -0.1) is 0 Å². The average Bonchev–Trinajstić information content (AvgIpc) is 2.28. The average molecular weight is 256 g/mol. The van der Waals surface area contributed by atoms with Crippen LogP contribution in [0.1, 0.15) is 39.5 Å². The fourth-order valence-electron chi connectivity index (χ4n) is 3.44. The van der Waals surface area contributed by atoms with Gasteiger partial charge in [0.15, 0.2) is 0 Å². The molecule has 0 aromatic carbocycles. The molecule has 2 fully saturated rings. The maximum absolute atomic E-state index is 5.93. The van der Waals surface area contributed by atoms with Crippen molar-refractivity contribution >= 4 is 11.8 Å². The lowest BCUT2D eigenvalue weighted by Gasteiger charge is -2.41. The van der Waals surface area contributed by atoms with E-state index in [1.54, 1.807) is 0 Å². The molecule has 1 aliphatic heterocycles. The van der Waals surface area contributed by atoms with E-state index in [0.717, 1.165) is 18.4 Å². The molecular formula is C14H28N2S. The summed E-state index contributed by atoms with van der Waals surface area (Å²) >= 11 is 2.13. The maximum atomic E-state index is 5.93. The minimum atomic E-state index is 0.450. The van der Waals surface area contributed by atoms with E-state index >= 15 is 0 Å². The van der Waals surface area contributed by atoms with Gasteiger partial charge in [-0.1, -0.05) is 12.8 Å². The van der Waals surface area contributed by atoms with Gasteiger partial charge in [0.05, 0.1) is 0 Å². The SMILES string of the molecule is CC1(C)CN(CC2CCCCC2CN)CCS1. The number of rotatable bonds is 3. The molecule has 0 spiro atoms. The monoisotopic (exact) mass is 256 g/mol. The second kappa shape index (κ2) is 5.94. The van der Waals surface area contributed by atoms with Crippen molar-refractivity contribution in [3.05, 3.63) is 0 Å². The Morgan fingerprint density at radius 2 is 1.94 bits per heavy atom. The molecule has 1 saturated carbocycles. The van der Waals surface area contributed by atoms with Crippen LogP contribution in [0.5, 0.6) is 0 Å². The molecule has 2 nitrogen and oxygen atoms in total. The molecule has 17 heavy (non-hydrogen) atoms. The maximum Gasteiger partial charge on any atom is 0.0231 e. The van der Waals surface area contributed by atoms with Gasteiger partial charge in [-0.2, -0.15) is 11.8 Å². The highest BCUT2D eigenvalue weighted by atomic mass is 32.2. The van der Waals surface area contributed by atoms with E-state index in [2.05, 4.69) is 30.5 Å². The highest BCUT2D eigenvalue weighted by Crippen LogP contribution is 2.33. The summed E-state index contributed by atoms with van der Waals surface area (Å²) in [6.45, 7) is 9.49.